The zero-order valence-electron chi connectivity index (χ0n) is 19.1. The van der Waals surface area contributed by atoms with Crippen molar-refractivity contribution < 1.29 is 27.9 Å². The van der Waals surface area contributed by atoms with Crippen molar-refractivity contribution in [3.05, 3.63) is 54.1 Å². The highest BCUT2D eigenvalue weighted by molar-refractivity contribution is 7.93. The lowest BCUT2D eigenvalue weighted by atomic mass is 9.99. The molecule has 0 aliphatic carbocycles. The SMILES string of the molecule is COc1ccc(S(=O)(=O)[C@](C)(Cc2ccc(OCCN3CCCCC3)cc2)C(=O)NO)cc1. The number of piperidine rings is 1. The van der Waals surface area contributed by atoms with E-state index in [0.717, 1.165) is 19.6 Å². The van der Waals surface area contributed by atoms with Crippen LogP contribution in [0.25, 0.3) is 0 Å². The summed E-state index contributed by atoms with van der Waals surface area (Å²) in [6.07, 6.45) is 3.63. The lowest BCUT2D eigenvalue weighted by Crippen LogP contribution is -2.51. The van der Waals surface area contributed by atoms with Crippen LogP contribution in [-0.4, -0.2) is 62.5 Å². The Morgan fingerprint density at radius 2 is 1.64 bits per heavy atom. The highest BCUT2D eigenvalue weighted by Gasteiger charge is 2.47. The monoisotopic (exact) mass is 476 g/mol. The maximum Gasteiger partial charge on any atom is 0.265 e. The summed E-state index contributed by atoms with van der Waals surface area (Å²) in [5, 5.41) is 9.28. The van der Waals surface area contributed by atoms with Gasteiger partial charge >= 0.3 is 0 Å². The molecule has 0 spiro atoms. The first-order chi connectivity index (χ1) is 15.8. The fourth-order valence-electron chi connectivity index (χ4n) is 4.00. The zero-order chi connectivity index (χ0) is 23.9. The quantitative estimate of drug-likeness (QED) is 0.401. The molecule has 33 heavy (non-hydrogen) atoms. The molecule has 1 aliphatic heterocycles. The summed E-state index contributed by atoms with van der Waals surface area (Å²) in [4.78, 5) is 14.9. The molecule has 8 nitrogen and oxygen atoms in total. The molecule has 0 saturated carbocycles. The second-order valence-electron chi connectivity index (χ2n) is 8.42. The van der Waals surface area contributed by atoms with Crippen LogP contribution < -0.4 is 15.0 Å². The molecule has 0 unspecified atom stereocenters. The Balaban J connectivity index is 1.71. The highest BCUT2D eigenvalue weighted by atomic mass is 32.2. The van der Waals surface area contributed by atoms with Gasteiger partial charge in [-0.25, -0.2) is 13.9 Å². The summed E-state index contributed by atoms with van der Waals surface area (Å²) in [6, 6.07) is 12.8. The van der Waals surface area contributed by atoms with Crippen molar-refractivity contribution in [2.45, 2.75) is 42.2 Å². The lowest BCUT2D eigenvalue weighted by molar-refractivity contribution is -0.131. The number of sulfone groups is 1. The maximum atomic E-state index is 13.4. The van der Waals surface area contributed by atoms with Crippen LogP contribution in [-0.2, 0) is 21.1 Å². The van der Waals surface area contributed by atoms with Crippen LogP contribution in [0.15, 0.2) is 53.4 Å². The molecule has 0 aromatic heterocycles. The predicted octanol–water partition coefficient (Wildman–Crippen LogP) is 2.84. The van der Waals surface area contributed by atoms with Gasteiger partial charge in [-0.2, -0.15) is 0 Å². The number of likely N-dealkylation sites (tertiary alicyclic amines) is 1. The third-order valence-corrected chi connectivity index (χ3v) is 8.54. The smallest absolute Gasteiger partial charge is 0.265 e. The van der Waals surface area contributed by atoms with Crippen molar-refractivity contribution in [2.24, 2.45) is 0 Å². The largest absolute Gasteiger partial charge is 0.497 e. The molecule has 1 amide bonds. The van der Waals surface area contributed by atoms with Crippen LogP contribution in [0.1, 0.15) is 31.7 Å². The second-order valence-corrected chi connectivity index (χ2v) is 10.8. The molecule has 2 aromatic carbocycles. The molecular weight excluding hydrogens is 444 g/mol. The van der Waals surface area contributed by atoms with Crippen LogP contribution >= 0.6 is 0 Å². The van der Waals surface area contributed by atoms with Crippen molar-refractivity contribution >= 4 is 15.7 Å². The van der Waals surface area contributed by atoms with Crippen LogP contribution in [0.4, 0.5) is 0 Å². The minimum atomic E-state index is -4.14. The van der Waals surface area contributed by atoms with E-state index < -0.39 is 20.5 Å². The van der Waals surface area contributed by atoms with Gasteiger partial charge in [0.05, 0.1) is 12.0 Å². The number of methoxy groups -OCH3 is 1. The first-order valence-electron chi connectivity index (χ1n) is 11.1. The second kappa shape index (κ2) is 11.0. The molecule has 2 N–H and O–H groups in total. The summed E-state index contributed by atoms with van der Waals surface area (Å²) < 4.78 is 35.7. The Hall–Kier alpha value is -2.62. The Morgan fingerprint density at radius 1 is 1.03 bits per heavy atom. The van der Waals surface area contributed by atoms with Gasteiger partial charge in [0.2, 0.25) is 0 Å². The molecule has 3 rings (SSSR count). The van der Waals surface area contributed by atoms with Crippen LogP contribution in [0.2, 0.25) is 0 Å². The van der Waals surface area contributed by atoms with E-state index in [1.807, 2.05) is 0 Å². The first-order valence-corrected chi connectivity index (χ1v) is 12.6. The van der Waals surface area contributed by atoms with Crippen molar-refractivity contribution in [3.8, 4) is 11.5 Å². The van der Waals surface area contributed by atoms with E-state index in [2.05, 4.69) is 4.90 Å². The average molecular weight is 477 g/mol. The molecule has 1 atom stereocenters. The Labute approximate surface area is 195 Å². The molecule has 1 saturated heterocycles. The van der Waals surface area contributed by atoms with E-state index in [9.17, 15) is 18.4 Å². The molecule has 1 fully saturated rings. The summed E-state index contributed by atoms with van der Waals surface area (Å²) in [5.74, 6) is 0.181. The lowest BCUT2D eigenvalue weighted by Gasteiger charge is -2.27. The highest BCUT2D eigenvalue weighted by Crippen LogP contribution is 2.31. The normalized spacial score (nSPS) is 16.6. The summed E-state index contributed by atoms with van der Waals surface area (Å²) in [7, 11) is -2.66. The van der Waals surface area contributed by atoms with Gasteiger partial charge in [-0.3, -0.25) is 14.9 Å². The van der Waals surface area contributed by atoms with Crippen LogP contribution in [0.5, 0.6) is 11.5 Å². The number of ether oxygens (including phenoxy) is 2. The number of hydrogen-bond donors (Lipinski definition) is 2. The number of benzene rings is 2. The van der Waals surface area contributed by atoms with Gasteiger partial charge in [-0.05, 0) is 74.8 Å². The molecule has 1 heterocycles. The maximum absolute atomic E-state index is 13.4. The van der Waals surface area contributed by atoms with Crippen LogP contribution in [0.3, 0.4) is 0 Å². The van der Waals surface area contributed by atoms with E-state index >= 15 is 0 Å². The number of nitrogens with zero attached hydrogens (tertiary/aromatic N) is 1. The molecule has 0 bridgehead atoms. The Morgan fingerprint density at radius 3 is 2.21 bits per heavy atom. The van der Waals surface area contributed by atoms with Gasteiger partial charge in [0.15, 0.2) is 14.6 Å². The van der Waals surface area contributed by atoms with E-state index in [1.165, 1.54) is 63.0 Å². The predicted molar refractivity (Wildman–Crippen MR) is 124 cm³/mol. The Bertz CT molecular complexity index is 1020. The zero-order valence-corrected chi connectivity index (χ0v) is 19.9. The number of carbonyl (C=O) groups excluding carboxylic acids is 1. The number of hydrogen-bond acceptors (Lipinski definition) is 7. The minimum Gasteiger partial charge on any atom is -0.497 e. The topological polar surface area (TPSA) is 105 Å². The van der Waals surface area contributed by atoms with Crippen molar-refractivity contribution in [3.63, 3.8) is 0 Å². The number of nitrogens with one attached hydrogen (secondary N) is 1. The van der Waals surface area contributed by atoms with Gasteiger partial charge in [0.25, 0.3) is 5.91 Å². The van der Waals surface area contributed by atoms with Gasteiger partial charge in [-0.1, -0.05) is 18.6 Å². The van der Waals surface area contributed by atoms with E-state index in [-0.39, 0.29) is 11.3 Å². The van der Waals surface area contributed by atoms with Crippen LogP contribution in [0, 0.1) is 0 Å². The van der Waals surface area contributed by atoms with Gasteiger partial charge in [-0.15, -0.1) is 0 Å². The average Bonchev–Trinajstić information content (AvgIpc) is 2.85. The van der Waals surface area contributed by atoms with E-state index in [0.29, 0.717) is 23.7 Å². The van der Waals surface area contributed by atoms with Gasteiger partial charge in [0, 0.05) is 13.0 Å². The van der Waals surface area contributed by atoms with Gasteiger partial charge < -0.3 is 9.47 Å². The fraction of sp³-hybridized carbons (Fsp3) is 0.458. The number of hydroxylamine groups is 1. The summed E-state index contributed by atoms with van der Waals surface area (Å²) in [5.41, 5.74) is 2.15. The summed E-state index contributed by atoms with van der Waals surface area (Å²) in [6.45, 7) is 4.97. The third-order valence-electron chi connectivity index (χ3n) is 6.13. The molecule has 2 aromatic rings. The first kappa shape index (κ1) is 25.0. The van der Waals surface area contributed by atoms with E-state index in [1.54, 1.807) is 24.3 Å². The fourth-order valence-corrected chi connectivity index (χ4v) is 5.66. The van der Waals surface area contributed by atoms with Crippen molar-refractivity contribution in [1.29, 1.82) is 0 Å². The molecule has 0 radical (unpaired) electrons. The number of rotatable bonds is 10. The van der Waals surface area contributed by atoms with Gasteiger partial charge in [0.1, 0.15) is 18.1 Å². The standard InChI is InChI=1S/C24H32N2O6S/c1-24(23(27)25-28,33(29,30)22-12-10-20(31-2)11-13-22)18-19-6-8-21(9-7-19)32-17-16-26-14-4-3-5-15-26/h6-13,28H,3-5,14-18H2,1-2H3,(H,25,27)/t24-/m1/s1. The number of carbonyl (C=O) groups is 1. The Kier molecular flexibility index (Phi) is 8.34. The van der Waals surface area contributed by atoms with Crippen molar-refractivity contribution in [2.75, 3.05) is 33.4 Å². The number of amides is 1. The van der Waals surface area contributed by atoms with Crippen molar-refractivity contribution in [1.82, 2.24) is 10.4 Å². The molecular formula is C24H32N2O6S. The summed E-state index contributed by atoms with van der Waals surface area (Å²) >= 11 is 0. The molecule has 180 valence electrons. The minimum absolute atomic E-state index is 0.0351. The molecule has 1 aliphatic rings. The third kappa shape index (κ3) is 5.85. The van der Waals surface area contributed by atoms with E-state index in [4.69, 9.17) is 9.47 Å². The molecule has 9 heteroatoms.